The normalized spacial score (nSPS) is 13.8. The Morgan fingerprint density at radius 1 is 1.22 bits per heavy atom. The third kappa shape index (κ3) is 1.24. The predicted molar refractivity (Wildman–Crippen MR) is 76.3 cm³/mol. The van der Waals surface area contributed by atoms with Gasteiger partial charge in [0.25, 0.3) is 0 Å². The van der Waals surface area contributed by atoms with Crippen molar-refractivity contribution in [2.24, 2.45) is 0 Å². The van der Waals surface area contributed by atoms with Crippen LogP contribution in [0.4, 0.5) is 5.69 Å². The van der Waals surface area contributed by atoms with Crippen molar-refractivity contribution in [2.75, 3.05) is 11.9 Å². The Balaban J connectivity index is 2.25. The third-order valence-corrected chi connectivity index (χ3v) is 3.63. The minimum absolute atomic E-state index is 0.733. The molecule has 2 nitrogen and oxygen atoms in total. The van der Waals surface area contributed by atoms with Crippen LogP contribution in [0.25, 0.3) is 27.8 Å². The number of benzene rings is 2. The molecule has 0 saturated heterocycles. The number of nitrogens with one attached hydrogen (secondary N) is 1. The summed E-state index contributed by atoms with van der Waals surface area (Å²) in [5.41, 5.74) is 1.87. The van der Waals surface area contributed by atoms with Crippen LogP contribution in [-0.2, 0) is 0 Å². The zero-order valence-corrected chi connectivity index (χ0v) is 10.3. The molecule has 2 heterocycles. The van der Waals surface area contributed by atoms with Crippen molar-refractivity contribution in [3.05, 3.63) is 47.2 Å². The Kier molecular flexibility index (Phi) is 1.97. The maximum Gasteiger partial charge on any atom is 0.151 e. The van der Waals surface area contributed by atoms with Gasteiger partial charge in [-0.2, -0.15) is 0 Å². The summed E-state index contributed by atoms with van der Waals surface area (Å²) in [6.07, 6.45) is 4.04. The minimum atomic E-state index is 0.733. The van der Waals surface area contributed by atoms with E-state index in [4.69, 9.17) is 16.0 Å². The second-order valence-electron chi connectivity index (χ2n) is 4.41. The van der Waals surface area contributed by atoms with Gasteiger partial charge in [-0.1, -0.05) is 41.9 Å². The maximum absolute atomic E-state index is 6.39. The van der Waals surface area contributed by atoms with E-state index in [0.717, 1.165) is 44.8 Å². The molecule has 0 atom stereocenters. The molecule has 0 bridgehead atoms. The van der Waals surface area contributed by atoms with E-state index in [1.165, 1.54) is 0 Å². The van der Waals surface area contributed by atoms with E-state index < -0.39 is 0 Å². The van der Waals surface area contributed by atoms with Crippen molar-refractivity contribution in [3.63, 3.8) is 0 Å². The van der Waals surface area contributed by atoms with Gasteiger partial charge in [-0.25, -0.2) is 0 Å². The van der Waals surface area contributed by atoms with E-state index in [1.54, 1.807) is 0 Å². The summed E-state index contributed by atoms with van der Waals surface area (Å²) in [7, 11) is 0. The number of hydrogen-bond acceptors (Lipinski definition) is 2. The molecule has 3 aromatic rings. The lowest BCUT2D eigenvalue weighted by Crippen LogP contribution is -2.02. The number of hydrogen-bond donors (Lipinski definition) is 1. The van der Waals surface area contributed by atoms with E-state index in [9.17, 15) is 0 Å². The van der Waals surface area contributed by atoms with Crippen LogP contribution >= 0.6 is 11.6 Å². The Morgan fingerprint density at radius 3 is 3.06 bits per heavy atom. The minimum Gasteiger partial charge on any atom is -0.454 e. The molecule has 0 fully saturated rings. The van der Waals surface area contributed by atoms with Gasteiger partial charge in [0.1, 0.15) is 5.58 Å². The van der Waals surface area contributed by atoms with Gasteiger partial charge in [0.2, 0.25) is 0 Å². The summed E-state index contributed by atoms with van der Waals surface area (Å²) < 4.78 is 5.95. The van der Waals surface area contributed by atoms with Crippen molar-refractivity contribution in [3.8, 4) is 0 Å². The lowest BCUT2D eigenvalue weighted by Gasteiger charge is -2.07. The van der Waals surface area contributed by atoms with E-state index in [1.807, 2.05) is 36.4 Å². The average molecular weight is 256 g/mol. The monoisotopic (exact) mass is 255 g/mol. The zero-order valence-electron chi connectivity index (χ0n) is 9.53. The topological polar surface area (TPSA) is 25.2 Å². The van der Waals surface area contributed by atoms with Gasteiger partial charge in [-0.05, 0) is 17.5 Å². The lowest BCUT2D eigenvalue weighted by molar-refractivity contribution is 0.607. The molecule has 0 saturated carbocycles. The number of anilines is 1. The van der Waals surface area contributed by atoms with Crippen LogP contribution in [0.3, 0.4) is 0 Å². The second kappa shape index (κ2) is 3.53. The first-order chi connectivity index (χ1) is 8.84. The first kappa shape index (κ1) is 10.0. The van der Waals surface area contributed by atoms with Gasteiger partial charge in [0, 0.05) is 11.9 Å². The van der Waals surface area contributed by atoms with Crippen molar-refractivity contribution < 1.29 is 4.42 Å². The second-order valence-corrected chi connectivity index (χ2v) is 4.82. The summed E-state index contributed by atoms with van der Waals surface area (Å²) >= 11 is 6.39. The molecular weight excluding hydrogens is 246 g/mol. The fourth-order valence-corrected chi connectivity index (χ4v) is 2.82. The first-order valence-corrected chi connectivity index (χ1v) is 6.26. The van der Waals surface area contributed by atoms with Crippen LogP contribution in [0.5, 0.6) is 0 Å². The van der Waals surface area contributed by atoms with Crippen LogP contribution in [0.2, 0.25) is 5.02 Å². The first-order valence-electron chi connectivity index (χ1n) is 5.89. The predicted octanol–water partition coefficient (Wildman–Crippen LogP) is 4.68. The molecule has 18 heavy (non-hydrogen) atoms. The van der Waals surface area contributed by atoms with Gasteiger partial charge >= 0.3 is 0 Å². The fourth-order valence-electron chi connectivity index (χ4n) is 2.52. The van der Waals surface area contributed by atoms with Crippen LogP contribution in [0, 0.1) is 0 Å². The van der Waals surface area contributed by atoms with E-state index in [2.05, 4.69) is 11.4 Å². The molecule has 0 radical (unpaired) electrons. The average Bonchev–Trinajstić information content (AvgIpc) is 2.79. The fraction of sp³-hybridized carbons (Fsp3) is 0.0667. The van der Waals surface area contributed by atoms with Gasteiger partial charge in [-0.3, -0.25) is 0 Å². The highest BCUT2D eigenvalue weighted by Gasteiger charge is 2.18. The molecule has 1 aliphatic rings. The van der Waals surface area contributed by atoms with Gasteiger partial charge in [0.05, 0.1) is 16.1 Å². The highest BCUT2D eigenvalue weighted by Crippen LogP contribution is 2.41. The number of furan rings is 1. The van der Waals surface area contributed by atoms with Gasteiger partial charge < -0.3 is 9.73 Å². The molecule has 1 aliphatic heterocycles. The molecule has 88 valence electrons. The standard InChI is InChI=1S/C15H10ClNO/c16-11-8-9-4-1-2-5-10(9)15-13(11)14-12(18-15)6-3-7-17-14/h1-6,8,17H,7H2. The summed E-state index contributed by atoms with van der Waals surface area (Å²) in [5, 5.41) is 7.24. The molecule has 0 amide bonds. The molecule has 0 unspecified atom stereocenters. The molecule has 2 aromatic carbocycles. The highest BCUT2D eigenvalue weighted by atomic mass is 35.5. The van der Waals surface area contributed by atoms with Crippen molar-refractivity contribution in [1.82, 2.24) is 0 Å². The Hall–Kier alpha value is -1.93. The van der Waals surface area contributed by atoms with E-state index in [0.29, 0.717) is 0 Å². The largest absolute Gasteiger partial charge is 0.454 e. The van der Waals surface area contributed by atoms with Crippen molar-refractivity contribution >= 4 is 45.1 Å². The molecule has 4 rings (SSSR count). The molecular formula is C15H10ClNO. The number of rotatable bonds is 0. The third-order valence-electron chi connectivity index (χ3n) is 3.33. The summed E-state index contributed by atoms with van der Waals surface area (Å²) in [5.74, 6) is 0.856. The van der Waals surface area contributed by atoms with Crippen LogP contribution < -0.4 is 5.32 Å². The smallest absolute Gasteiger partial charge is 0.151 e. The van der Waals surface area contributed by atoms with Crippen LogP contribution in [-0.4, -0.2) is 6.54 Å². The molecule has 1 aromatic heterocycles. The van der Waals surface area contributed by atoms with E-state index in [-0.39, 0.29) is 0 Å². The molecule has 1 N–H and O–H groups in total. The van der Waals surface area contributed by atoms with E-state index >= 15 is 0 Å². The number of halogens is 1. The van der Waals surface area contributed by atoms with Crippen LogP contribution in [0.15, 0.2) is 40.8 Å². The summed E-state index contributed by atoms with van der Waals surface area (Å²) in [6.45, 7) is 0.810. The Bertz CT molecular complexity index is 801. The maximum atomic E-state index is 6.39. The quantitative estimate of drug-likeness (QED) is 0.631. The molecule has 0 spiro atoms. The molecule has 0 aliphatic carbocycles. The lowest BCUT2D eigenvalue weighted by atomic mass is 10.1. The van der Waals surface area contributed by atoms with Crippen LogP contribution in [0.1, 0.15) is 5.76 Å². The highest BCUT2D eigenvalue weighted by molar-refractivity contribution is 6.38. The van der Waals surface area contributed by atoms with Gasteiger partial charge in [0.15, 0.2) is 5.76 Å². The summed E-state index contributed by atoms with van der Waals surface area (Å²) in [4.78, 5) is 0. The SMILES string of the molecule is Clc1cc2ccccc2c2oc3c(c12)NCC=C3. The Morgan fingerprint density at radius 2 is 2.11 bits per heavy atom. The van der Waals surface area contributed by atoms with Crippen molar-refractivity contribution in [2.45, 2.75) is 0 Å². The summed E-state index contributed by atoms with van der Waals surface area (Å²) in [6, 6.07) is 10.1. The molecule has 3 heteroatoms. The van der Waals surface area contributed by atoms with Gasteiger partial charge in [-0.15, -0.1) is 0 Å². The van der Waals surface area contributed by atoms with Crippen molar-refractivity contribution in [1.29, 1.82) is 0 Å². The zero-order chi connectivity index (χ0) is 12.1. The number of fused-ring (bicyclic) bond motifs is 5. The Labute approximate surface area is 109 Å².